The first-order chi connectivity index (χ1) is 9.43. The minimum absolute atomic E-state index is 0.803. The molecule has 3 rings (SSSR count). The van der Waals surface area contributed by atoms with E-state index < -0.39 is 0 Å². The van der Waals surface area contributed by atoms with Crippen molar-refractivity contribution >= 4 is 0 Å². The Labute approximate surface area is 119 Å². The molecule has 1 unspecified atom stereocenters. The van der Waals surface area contributed by atoms with Gasteiger partial charge >= 0.3 is 0 Å². The van der Waals surface area contributed by atoms with Crippen molar-refractivity contribution in [3.8, 4) is 0 Å². The van der Waals surface area contributed by atoms with Gasteiger partial charge in [0.25, 0.3) is 0 Å². The number of rotatable bonds is 2. The lowest BCUT2D eigenvalue weighted by Gasteiger charge is -2.42. The van der Waals surface area contributed by atoms with Gasteiger partial charge in [-0.25, -0.2) is 0 Å². The lowest BCUT2D eigenvalue weighted by Crippen LogP contribution is -2.56. The normalized spacial score (nSPS) is 33.2. The second kappa shape index (κ2) is 7.08. The molecule has 2 aliphatic carbocycles. The molecular weight excluding hydrogens is 232 g/mol. The quantitative estimate of drug-likeness (QED) is 0.767. The Kier molecular flexibility index (Phi) is 5.17. The predicted molar refractivity (Wildman–Crippen MR) is 81.4 cm³/mol. The largest absolute Gasteiger partial charge is 0.311 e. The smallest absolute Gasteiger partial charge is 0.0223 e. The van der Waals surface area contributed by atoms with Gasteiger partial charge in [-0.1, -0.05) is 44.9 Å². The van der Waals surface area contributed by atoms with Crippen LogP contribution in [0.15, 0.2) is 0 Å². The standard InChI is InChI=1S/C17H32N2/c1-2-7-11-16(10-6-1)19-13-12-18-17(14-19)15-8-4-3-5-9-15/h15-18H,1-14H2. The molecular formula is C17H32N2. The number of hydrogen-bond donors (Lipinski definition) is 1. The van der Waals surface area contributed by atoms with Gasteiger partial charge in [-0.3, -0.25) is 4.90 Å². The molecule has 0 aromatic heterocycles. The average Bonchev–Trinajstić information content (AvgIpc) is 2.77. The molecule has 0 aromatic rings. The number of piperazine rings is 1. The fourth-order valence-electron chi connectivity index (χ4n) is 4.61. The molecule has 2 saturated carbocycles. The van der Waals surface area contributed by atoms with Crippen LogP contribution in [0.1, 0.15) is 70.6 Å². The predicted octanol–water partition coefficient (Wildman–Crippen LogP) is 3.56. The number of hydrogen-bond acceptors (Lipinski definition) is 2. The Hall–Kier alpha value is -0.0800. The maximum atomic E-state index is 3.83. The zero-order chi connectivity index (χ0) is 12.9. The van der Waals surface area contributed by atoms with Crippen molar-refractivity contribution in [2.45, 2.75) is 82.7 Å². The van der Waals surface area contributed by atoms with Crippen molar-refractivity contribution < 1.29 is 0 Å². The van der Waals surface area contributed by atoms with Crippen LogP contribution in [0.4, 0.5) is 0 Å². The summed E-state index contributed by atoms with van der Waals surface area (Å²) in [7, 11) is 0. The van der Waals surface area contributed by atoms with E-state index in [1.165, 1.54) is 90.3 Å². The Morgan fingerprint density at radius 3 is 2.11 bits per heavy atom. The Morgan fingerprint density at radius 2 is 1.37 bits per heavy atom. The molecule has 0 spiro atoms. The van der Waals surface area contributed by atoms with E-state index in [9.17, 15) is 0 Å². The van der Waals surface area contributed by atoms with E-state index in [4.69, 9.17) is 0 Å². The lowest BCUT2D eigenvalue weighted by atomic mass is 9.83. The molecule has 110 valence electrons. The highest BCUT2D eigenvalue weighted by Gasteiger charge is 2.30. The Morgan fingerprint density at radius 1 is 0.737 bits per heavy atom. The van der Waals surface area contributed by atoms with Crippen LogP contribution >= 0.6 is 0 Å². The summed E-state index contributed by atoms with van der Waals surface area (Å²) >= 11 is 0. The SMILES string of the molecule is C1CCC(C2CN(C3CCCCCC3)CCN2)CC1. The van der Waals surface area contributed by atoms with E-state index in [0.29, 0.717) is 0 Å². The fourth-order valence-corrected chi connectivity index (χ4v) is 4.61. The summed E-state index contributed by atoms with van der Waals surface area (Å²) in [5.74, 6) is 0.974. The van der Waals surface area contributed by atoms with Crippen molar-refractivity contribution in [3.05, 3.63) is 0 Å². The van der Waals surface area contributed by atoms with Crippen molar-refractivity contribution in [2.24, 2.45) is 5.92 Å². The highest BCUT2D eigenvalue weighted by Crippen LogP contribution is 2.29. The van der Waals surface area contributed by atoms with Crippen LogP contribution in [0.3, 0.4) is 0 Å². The topological polar surface area (TPSA) is 15.3 Å². The molecule has 0 aromatic carbocycles. The maximum Gasteiger partial charge on any atom is 0.0223 e. The molecule has 2 nitrogen and oxygen atoms in total. The van der Waals surface area contributed by atoms with Gasteiger partial charge in [0, 0.05) is 31.7 Å². The summed E-state index contributed by atoms with van der Waals surface area (Å²) in [4.78, 5) is 2.85. The van der Waals surface area contributed by atoms with Gasteiger partial charge in [0.2, 0.25) is 0 Å². The second-order valence-electron chi connectivity index (χ2n) is 7.10. The van der Waals surface area contributed by atoms with Crippen molar-refractivity contribution in [3.63, 3.8) is 0 Å². The maximum absolute atomic E-state index is 3.83. The molecule has 1 saturated heterocycles. The van der Waals surface area contributed by atoms with Crippen LogP contribution in [0.5, 0.6) is 0 Å². The molecule has 1 heterocycles. The van der Waals surface area contributed by atoms with Gasteiger partial charge in [-0.2, -0.15) is 0 Å². The number of nitrogens with zero attached hydrogens (tertiary/aromatic N) is 1. The molecule has 0 bridgehead atoms. The molecule has 1 N–H and O–H groups in total. The van der Waals surface area contributed by atoms with E-state index in [1.807, 2.05) is 0 Å². The summed E-state index contributed by atoms with van der Waals surface area (Å²) < 4.78 is 0. The van der Waals surface area contributed by atoms with Crippen molar-refractivity contribution in [1.82, 2.24) is 10.2 Å². The van der Waals surface area contributed by atoms with E-state index in [1.54, 1.807) is 0 Å². The summed E-state index contributed by atoms with van der Waals surface area (Å²) in [6.07, 6.45) is 16.3. The number of nitrogens with one attached hydrogen (secondary N) is 1. The van der Waals surface area contributed by atoms with Gasteiger partial charge in [-0.05, 0) is 31.6 Å². The van der Waals surface area contributed by atoms with E-state index in [-0.39, 0.29) is 0 Å². The van der Waals surface area contributed by atoms with E-state index in [2.05, 4.69) is 10.2 Å². The van der Waals surface area contributed by atoms with Crippen LogP contribution in [0.25, 0.3) is 0 Å². The molecule has 1 atom stereocenters. The summed E-state index contributed by atoms with van der Waals surface area (Å²) in [5, 5.41) is 3.83. The van der Waals surface area contributed by atoms with Gasteiger partial charge < -0.3 is 5.32 Å². The summed E-state index contributed by atoms with van der Waals surface area (Å²) in [5.41, 5.74) is 0. The van der Waals surface area contributed by atoms with Crippen LogP contribution < -0.4 is 5.32 Å². The third-order valence-electron chi connectivity index (χ3n) is 5.80. The zero-order valence-electron chi connectivity index (χ0n) is 12.6. The van der Waals surface area contributed by atoms with Crippen LogP contribution in [0.2, 0.25) is 0 Å². The first-order valence-electron chi connectivity index (χ1n) is 8.91. The molecule has 3 fully saturated rings. The van der Waals surface area contributed by atoms with Gasteiger partial charge in [0.05, 0.1) is 0 Å². The van der Waals surface area contributed by atoms with Crippen LogP contribution in [-0.2, 0) is 0 Å². The van der Waals surface area contributed by atoms with Gasteiger partial charge in [0.1, 0.15) is 0 Å². The molecule has 1 aliphatic heterocycles. The van der Waals surface area contributed by atoms with Gasteiger partial charge in [-0.15, -0.1) is 0 Å². The summed E-state index contributed by atoms with van der Waals surface area (Å²) in [6.45, 7) is 3.88. The molecule has 3 aliphatic rings. The molecule has 19 heavy (non-hydrogen) atoms. The first kappa shape index (κ1) is 13.9. The van der Waals surface area contributed by atoms with Crippen molar-refractivity contribution in [1.29, 1.82) is 0 Å². The Bertz CT molecular complexity index is 252. The third-order valence-corrected chi connectivity index (χ3v) is 5.80. The average molecular weight is 264 g/mol. The third kappa shape index (κ3) is 3.72. The van der Waals surface area contributed by atoms with E-state index >= 15 is 0 Å². The highest BCUT2D eigenvalue weighted by molar-refractivity contribution is 4.88. The molecule has 0 amide bonds. The molecule has 0 radical (unpaired) electrons. The molecule has 2 heteroatoms. The highest BCUT2D eigenvalue weighted by atomic mass is 15.2. The Balaban J connectivity index is 1.54. The van der Waals surface area contributed by atoms with Crippen LogP contribution in [-0.4, -0.2) is 36.6 Å². The zero-order valence-corrected chi connectivity index (χ0v) is 12.6. The lowest BCUT2D eigenvalue weighted by molar-refractivity contribution is 0.100. The monoisotopic (exact) mass is 264 g/mol. The minimum atomic E-state index is 0.803. The van der Waals surface area contributed by atoms with Crippen molar-refractivity contribution in [2.75, 3.05) is 19.6 Å². The minimum Gasteiger partial charge on any atom is -0.311 e. The second-order valence-corrected chi connectivity index (χ2v) is 7.10. The van der Waals surface area contributed by atoms with Crippen LogP contribution in [0, 0.1) is 5.92 Å². The first-order valence-corrected chi connectivity index (χ1v) is 8.91. The summed E-state index contributed by atoms with van der Waals surface area (Å²) in [6, 6.07) is 1.72. The van der Waals surface area contributed by atoms with E-state index in [0.717, 1.165) is 18.0 Å². The van der Waals surface area contributed by atoms with Gasteiger partial charge in [0.15, 0.2) is 0 Å². The fraction of sp³-hybridized carbons (Fsp3) is 1.00.